The first-order chi connectivity index (χ1) is 6.97. The molecule has 0 amide bonds. The fourth-order valence-corrected chi connectivity index (χ4v) is 2.00. The zero-order valence-electron chi connectivity index (χ0n) is 9.70. The molecule has 0 aromatic rings. The number of hydrogen-bond acceptors (Lipinski definition) is 0. The van der Waals surface area contributed by atoms with Gasteiger partial charge < -0.3 is 34.0 Å². The van der Waals surface area contributed by atoms with Crippen LogP contribution in [0.15, 0.2) is 42.0 Å². The van der Waals surface area contributed by atoms with E-state index in [1.54, 1.807) is 5.57 Å². The van der Waals surface area contributed by atoms with Gasteiger partial charge in [-0.15, -0.1) is 25.0 Å². The molecule has 1 unspecified atom stereocenters. The molecular formula is C14H16Br2Hf. The van der Waals surface area contributed by atoms with Crippen molar-refractivity contribution in [1.29, 1.82) is 0 Å². The maximum absolute atomic E-state index is 2.99. The van der Waals surface area contributed by atoms with Crippen LogP contribution in [0, 0.1) is 18.4 Å². The van der Waals surface area contributed by atoms with Crippen LogP contribution in [0.2, 0.25) is 0 Å². The van der Waals surface area contributed by atoms with Crippen molar-refractivity contribution in [3.8, 4) is 0 Å². The predicted molar refractivity (Wildman–Crippen MR) is 60.4 cm³/mol. The Balaban J connectivity index is 0. The smallest absolute Gasteiger partial charge is 1.00 e. The van der Waals surface area contributed by atoms with E-state index in [9.17, 15) is 0 Å². The Bertz CT molecular complexity index is 293. The SMILES string of the molecule is C1=CCC2CC[CH-]C2=C1.[Br-].[Br-].[C-]1=CC=CC1.[Hf+4]. The summed E-state index contributed by atoms with van der Waals surface area (Å²) in [5.74, 6) is 0.884. The minimum absolute atomic E-state index is 0. The van der Waals surface area contributed by atoms with Crippen LogP contribution in [0.3, 0.4) is 0 Å². The van der Waals surface area contributed by atoms with Gasteiger partial charge in [0.1, 0.15) is 0 Å². The topological polar surface area (TPSA) is 0 Å². The molecule has 3 aliphatic carbocycles. The van der Waals surface area contributed by atoms with Gasteiger partial charge in [-0.3, -0.25) is 6.08 Å². The fraction of sp³-hybridized carbons (Fsp3) is 0.357. The molecule has 0 bridgehead atoms. The monoisotopic (exact) mass is 522 g/mol. The Kier molecular flexibility index (Phi) is 13.8. The van der Waals surface area contributed by atoms with Gasteiger partial charge in [0.25, 0.3) is 0 Å². The van der Waals surface area contributed by atoms with Crippen molar-refractivity contribution in [1.82, 2.24) is 0 Å². The van der Waals surface area contributed by atoms with Crippen molar-refractivity contribution in [2.24, 2.45) is 5.92 Å². The van der Waals surface area contributed by atoms with Crippen LogP contribution < -0.4 is 34.0 Å². The Morgan fingerprint density at radius 3 is 2.53 bits per heavy atom. The molecule has 1 saturated carbocycles. The molecule has 0 aromatic heterocycles. The number of hydrogen-bond donors (Lipinski definition) is 0. The number of fused-ring (bicyclic) bond motifs is 1. The van der Waals surface area contributed by atoms with E-state index in [1.165, 1.54) is 19.3 Å². The van der Waals surface area contributed by atoms with Gasteiger partial charge in [0, 0.05) is 0 Å². The molecule has 1 fully saturated rings. The van der Waals surface area contributed by atoms with Crippen LogP contribution in [0.25, 0.3) is 0 Å². The molecule has 0 nitrogen and oxygen atoms in total. The van der Waals surface area contributed by atoms with Gasteiger partial charge in [0.05, 0.1) is 0 Å². The normalized spacial score (nSPS) is 21.6. The van der Waals surface area contributed by atoms with E-state index in [0.717, 1.165) is 12.3 Å². The molecule has 90 valence electrons. The van der Waals surface area contributed by atoms with Gasteiger partial charge in [0.2, 0.25) is 0 Å². The summed E-state index contributed by atoms with van der Waals surface area (Å²) in [7, 11) is 0. The third kappa shape index (κ3) is 6.97. The zero-order valence-corrected chi connectivity index (χ0v) is 16.5. The minimum Gasteiger partial charge on any atom is -1.00 e. The number of halogens is 2. The minimum atomic E-state index is 0. The van der Waals surface area contributed by atoms with Crippen molar-refractivity contribution in [3.05, 3.63) is 54.5 Å². The second-order valence-corrected chi connectivity index (χ2v) is 3.81. The van der Waals surface area contributed by atoms with E-state index in [-0.39, 0.29) is 59.8 Å². The van der Waals surface area contributed by atoms with Gasteiger partial charge in [-0.2, -0.15) is 6.08 Å². The van der Waals surface area contributed by atoms with Crippen molar-refractivity contribution < 1.29 is 59.8 Å². The number of rotatable bonds is 0. The van der Waals surface area contributed by atoms with E-state index in [4.69, 9.17) is 0 Å². The second-order valence-electron chi connectivity index (χ2n) is 3.81. The molecule has 0 N–H and O–H groups in total. The second kappa shape index (κ2) is 11.7. The van der Waals surface area contributed by atoms with Crippen molar-refractivity contribution in [2.45, 2.75) is 25.7 Å². The summed E-state index contributed by atoms with van der Waals surface area (Å²) in [5, 5.41) is 0. The summed E-state index contributed by atoms with van der Waals surface area (Å²) in [6, 6.07) is 0. The maximum atomic E-state index is 2.99. The third-order valence-electron chi connectivity index (χ3n) is 2.80. The van der Waals surface area contributed by atoms with E-state index < -0.39 is 0 Å². The van der Waals surface area contributed by atoms with Crippen molar-refractivity contribution in [2.75, 3.05) is 0 Å². The molecule has 3 rings (SSSR count). The molecule has 0 spiro atoms. The standard InChI is InChI=1S/C9H11.C5H5.2BrH.Hf/c1-2-5-9-7-3-6-8(9)4-1;1-2-4-5-3-1;;;/h1-2,4,6,9H,3,5,7H2;1-3H,4H2;2*1H;/q2*-1;;;+4/p-2. The molecule has 3 heteroatoms. The fourth-order valence-electron chi connectivity index (χ4n) is 2.00. The molecule has 0 saturated heterocycles. The summed E-state index contributed by atoms with van der Waals surface area (Å²) >= 11 is 0. The van der Waals surface area contributed by atoms with Gasteiger partial charge in [0.15, 0.2) is 0 Å². The zero-order chi connectivity index (χ0) is 9.64. The largest absolute Gasteiger partial charge is 4.00 e. The first-order valence-corrected chi connectivity index (χ1v) is 5.38. The van der Waals surface area contributed by atoms with Crippen molar-refractivity contribution >= 4 is 0 Å². The summed E-state index contributed by atoms with van der Waals surface area (Å²) in [4.78, 5) is 0. The van der Waals surface area contributed by atoms with Gasteiger partial charge in [-0.05, 0) is 12.3 Å². The quantitative estimate of drug-likeness (QED) is 0.250. The molecule has 3 aliphatic rings. The van der Waals surface area contributed by atoms with E-state index >= 15 is 0 Å². The molecular weight excluding hydrogens is 506 g/mol. The van der Waals surface area contributed by atoms with Crippen LogP contribution >= 0.6 is 0 Å². The molecule has 0 heterocycles. The third-order valence-corrected chi connectivity index (χ3v) is 2.80. The summed E-state index contributed by atoms with van der Waals surface area (Å²) < 4.78 is 0. The summed E-state index contributed by atoms with van der Waals surface area (Å²) in [5.41, 5.74) is 1.58. The van der Waals surface area contributed by atoms with Crippen LogP contribution in [-0.2, 0) is 25.8 Å². The first-order valence-electron chi connectivity index (χ1n) is 5.38. The maximum Gasteiger partial charge on any atom is 4.00 e. The van der Waals surface area contributed by atoms with Crippen LogP contribution in [0.5, 0.6) is 0 Å². The molecule has 0 aliphatic heterocycles. The van der Waals surface area contributed by atoms with Crippen molar-refractivity contribution in [3.63, 3.8) is 0 Å². The Morgan fingerprint density at radius 2 is 2.00 bits per heavy atom. The van der Waals surface area contributed by atoms with Gasteiger partial charge in [-0.25, -0.2) is 30.2 Å². The van der Waals surface area contributed by atoms with Crippen LogP contribution in [0.4, 0.5) is 0 Å². The Labute approximate surface area is 145 Å². The Morgan fingerprint density at radius 1 is 1.18 bits per heavy atom. The summed E-state index contributed by atoms with van der Waals surface area (Å²) in [6.07, 6.45) is 23.0. The predicted octanol–water partition coefficient (Wildman–Crippen LogP) is -2.20. The number of allylic oxidation sites excluding steroid dienone is 8. The average molecular weight is 523 g/mol. The molecule has 1 atom stereocenters. The van der Waals surface area contributed by atoms with E-state index in [1.807, 2.05) is 12.2 Å². The van der Waals surface area contributed by atoms with E-state index in [2.05, 4.69) is 36.8 Å². The molecule has 17 heavy (non-hydrogen) atoms. The van der Waals surface area contributed by atoms with E-state index in [0.29, 0.717) is 0 Å². The average Bonchev–Trinajstić information content (AvgIpc) is 2.92. The molecule has 0 aromatic carbocycles. The van der Waals surface area contributed by atoms with Crippen LogP contribution in [-0.4, -0.2) is 0 Å². The first kappa shape index (κ1) is 20.0. The Hall–Kier alpha value is 0.660. The molecule has 0 radical (unpaired) electrons. The van der Waals surface area contributed by atoms with Gasteiger partial charge >= 0.3 is 25.8 Å². The summed E-state index contributed by atoms with van der Waals surface area (Å²) in [6.45, 7) is 0. The van der Waals surface area contributed by atoms with Gasteiger partial charge in [-0.1, -0.05) is 6.42 Å². The van der Waals surface area contributed by atoms with Crippen LogP contribution in [0.1, 0.15) is 25.7 Å².